The van der Waals surface area contributed by atoms with Gasteiger partial charge in [0.1, 0.15) is 9.85 Å². The van der Waals surface area contributed by atoms with Crippen molar-refractivity contribution in [2.24, 2.45) is 0 Å². The quantitative estimate of drug-likeness (QED) is 0.142. The molecule has 0 rings (SSSR count). The molecule has 0 aromatic carbocycles. The summed E-state index contributed by atoms with van der Waals surface area (Å²) in [5.74, 6) is 6.26. The third kappa shape index (κ3) is 9.80. The standard InChI is InChI=1S/C18H29N2O5/c1-2-3-4-5-6-7-8-9-10-11-12-13-14-15-16-18(17-21,19(22)23)20(24)25/h2-8,11-16H2,1H3. The van der Waals surface area contributed by atoms with Gasteiger partial charge in [-0.15, -0.1) is 11.8 Å². The SMILES string of the molecule is CCCCCCCCC#CCCCCCCC([C]=O)([N+](=O)[O-])[N+](=O)[O-]. The molecule has 0 heterocycles. The molecule has 1 radical (unpaired) electrons. The molecule has 0 bridgehead atoms. The molecule has 0 aromatic heterocycles. The van der Waals surface area contributed by atoms with Gasteiger partial charge in [0.15, 0.2) is 0 Å². The van der Waals surface area contributed by atoms with E-state index in [1.165, 1.54) is 32.1 Å². The summed E-state index contributed by atoms with van der Waals surface area (Å²) in [6.07, 6.45) is 12.3. The third-order valence-corrected chi connectivity index (χ3v) is 4.13. The van der Waals surface area contributed by atoms with E-state index in [-0.39, 0.29) is 6.42 Å². The van der Waals surface area contributed by atoms with Crippen LogP contribution in [0, 0.1) is 32.1 Å². The average molecular weight is 353 g/mol. The van der Waals surface area contributed by atoms with Crippen molar-refractivity contribution in [3.63, 3.8) is 0 Å². The minimum absolute atomic E-state index is 0.252. The van der Waals surface area contributed by atoms with Gasteiger partial charge in [-0.05, 0) is 19.3 Å². The second kappa shape index (κ2) is 14.4. The molecular weight excluding hydrogens is 324 g/mol. The van der Waals surface area contributed by atoms with Gasteiger partial charge in [-0.1, -0.05) is 51.9 Å². The maximum atomic E-state index is 10.7. The van der Waals surface area contributed by atoms with Gasteiger partial charge >= 0.3 is 11.9 Å². The lowest BCUT2D eigenvalue weighted by Crippen LogP contribution is -2.47. The minimum atomic E-state index is -2.81. The summed E-state index contributed by atoms with van der Waals surface area (Å²) < 4.78 is 0. The van der Waals surface area contributed by atoms with Crippen LogP contribution in [0.2, 0.25) is 0 Å². The van der Waals surface area contributed by atoms with Crippen LogP contribution in [0.4, 0.5) is 0 Å². The van der Waals surface area contributed by atoms with Crippen LogP contribution in [0.15, 0.2) is 0 Å². The van der Waals surface area contributed by atoms with Crippen molar-refractivity contribution in [2.45, 2.75) is 96.1 Å². The second-order valence-electron chi connectivity index (χ2n) is 6.22. The van der Waals surface area contributed by atoms with E-state index in [4.69, 9.17) is 0 Å². The summed E-state index contributed by atoms with van der Waals surface area (Å²) in [6, 6.07) is 0. The Kier molecular flexibility index (Phi) is 13.2. The highest BCUT2D eigenvalue weighted by molar-refractivity contribution is 5.59. The fraction of sp³-hybridized carbons (Fsp3) is 0.833. The first-order valence-electron chi connectivity index (χ1n) is 9.15. The molecule has 0 aliphatic carbocycles. The zero-order chi connectivity index (χ0) is 19.0. The molecule has 0 spiro atoms. The fourth-order valence-electron chi connectivity index (χ4n) is 2.48. The van der Waals surface area contributed by atoms with Crippen molar-refractivity contribution < 1.29 is 14.6 Å². The number of carbonyl (C=O) groups excluding carboxylic acids is 1. The molecule has 25 heavy (non-hydrogen) atoms. The van der Waals surface area contributed by atoms with Gasteiger partial charge in [-0.2, -0.15) is 0 Å². The van der Waals surface area contributed by atoms with Crippen molar-refractivity contribution in [3.8, 4) is 11.8 Å². The van der Waals surface area contributed by atoms with Crippen LogP contribution in [0.25, 0.3) is 0 Å². The molecule has 0 saturated carbocycles. The Labute approximate surface area is 149 Å². The highest BCUT2D eigenvalue weighted by Crippen LogP contribution is 2.18. The van der Waals surface area contributed by atoms with Gasteiger partial charge in [0.2, 0.25) is 0 Å². The van der Waals surface area contributed by atoms with Gasteiger partial charge in [-0.3, -0.25) is 25.0 Å². The van der Waals surface area contributed by atoms with Gasteiger partial charge in [-0.25, -0.2) is 0 Å². The third-order valence-electron chi connectivity index (χ3n) is 4.13. The Bertz CT molecular complexity index is 454. The summed E-state index contributed by atoms with van der Waals surface area (Å²) in [5.41, 5.74) is -2.81. The number of nitrogens with zero attached hydrogens (tertiary/aromatic N) is 2. The van der Waals surface area contributed by atoms with Crippen molar-refractivity contribution >= 4 is 6.29 Å². The van der Waals surface area contributed by atoms with Gasteiger partial charge in [0.25, 0.3) is 0 Å². The van der Waals surface area contributed by atoms with E-state index < -0.39 is 21.9 Å². The highest BCUT2D eigenvalue weighted by atomic mass is 16.7. The lowest BCUT2D eigenvalue weighted by Gasteiger charge is -2.09. The van der Waals surface area contributed by atoms with E-state index in [1.54, 1.807) is 0 Å². The van der Waals surface area contributed by atoms with Crippen molar-refractivity contribution in [1.29, 1.82) is 0 Å². The fourth-order valence-corrected chi connectivity index (χ4v) is 2.48. The first kappa shape index (κ1) is 23.0. The first-order chi connectivity index (χ1) is 12.0. The summed E-state index contributed by atoms with van der Waals surface area (Å²) in [7, 11) is 0. The number of nitro groups is 2. The maximum Gasteiger partial charge on any atom is 0.523 e. The summed E-state index contributed by atoms with van der Waals surface area (Å²) in [6.45, 7) is 2.20. The molecule has 0 fully saturated rings. The zero-order valence-corrected chi connectivity index (χ0v) is 15.1. The Hall–Kier alpha value is -1.97. The number of rotatable bonds is 15. The van der Waals surface area contributed by atoms with Crippen molar-refractivity contribution in [3.05, 3.63) is 20.2 Å². The normalized spacial score (nSPS) is 10.8. The van der Waals surface area contributed by atoms with Crippen molar-refractivity contribution in [2.75, 3.05) is 0 Å². The molecule has 0 unspecified atom stereocenters. The van der Waals surface area contributed by atoms with E-state index >= 15 is 0 Å². The van der Waals surface area contributed by atoms with E-state index in [0.29, 0.717) is 6.42 Å². The summed E-state index contributed by atoms with van der Waals surface area (Å²) >= 11 is 0. The summed E-state index contributed by atoms with van der Waals surface area (Å²) in [5, 5.41) is 21.5. The topological polar surface area (TPSA) is 103 Å². The summed E-state index contributed by atoms with van der Waals surface area (Å²) in [4.78, 5) is 29.8. The zero-order valence-electron chi connectivity index (χ0n) is 15.1. The van der Waals surface area contributed by atoms with Gasteiger partial charge in [0, 0.05) is 12.8 Å². The first-order valence-corrected chi connectivity index (χ1v) is 9.15. The van der Waals surface area contributed by atoms with E-state index in [9.17, 15) is 25.0 Å². The van der Waals surface area contributed by atoms with Crippen LogP contribution >= 0.6 is 0 Å². The monoisotopic (exact) mass is 353 g/mol. The smallest absolute Gasteiger partial charge is 0.273 e. The molecule has 0 atom stereocenters. The molecule has 7 heteroatoms. The highest BCUT2D eigenvalue weighted by Gasteiger charge is 2.57. The molecule has 0 N–H and O–H groups in total. The minimum Gasteiger partial charge on any atom is -0.273 e. The average Bonchev–Trinajstić information content (AvgIpc) is 2.58. The Morgan fingerprint density at radius 3 is 1.64 bits per heavy atom. The molecule has 141 valence electrons. The molecule has 0 saturated heterocycles. The number of hydrogen-bond donors (Lipinski definition) is 0. The molecule has 7 nitrogen and oxygen atoms in total. The van der Waals surface area contributed by atoms with Crippen LogP contribution < -0.4 is 0 Å². The predicted molar refractivity (Wildman–Crippen MR) is 95.9 cm³/mol. The molecule has 0 amide bonds. The lowest BCUT2D eigenvalue weighted by molar-refractivity contribution is -0.772. The molecule has 0 aliphatic heterocycles. The molecule has 0 aromatic rings. The molecular formula is C18H29N2O5. The van der Waals surface area contributed by atoms with E-state index in [0.717, 1.165) is 38.4 Å². The predicted octanol–water partition coefficient (Wildman–Crippen LogP) is 4.44. The van der Waals surface area contributed by atoms with E-state index in [2.05, 4.69) is 18.8 Å². The van der Waals surface area contributed by atoms with Crippen molar-refractivity contribution in [1.82, 2.24) is 0 Å². The van der Waals surface area contributed by atoms with E-state index in [1.807, 2.05) is 0 Å². The maximum absolute atomic E-state index is 10.7. The number of hydrogen-bond acceptors (Lipinski definition) is 5. The number of unbranched alkanes of at least 4 members (excludes halogenated alkanes) is 10. The Morgan fingerprint density at radius 1 is 0.760 bits per heavy atom. The van der Waals surface area contributed by atoms with Crippen LogP contribution in [0.1, 0.15) is 90.4 Å². The largest absolute Gasteiger partial charge is 0.523 e. The Morgan fingerprint density at radius 2 is 1.20 bits per heavy atom. The Balaban J connectivity index is 3.71. The second-order valence-corrected chi connectivity index (χ2v) is 6.22. The molecule has 0 aliphatic rings. The van der Waals surface area contributed by atoms with Crippen LogP contribution in [-0.2, 0) is 4.79 Å². The van der Waals surface area contributed by atoms with Crippen LogP contribution in [0.3, 0.4) is 0 Å². The van der Waals surface area contributed by atoms with Crippen LogP contribution in [-0.4, -0.2) is 21.8 Å². The van der Waals surface area contributed by atoms with Gasteiger partial charge < -0.3 is 0 Å². The van der Waals surface area contributed by atoms with Crippen LogP contribution in [0.5, 0.6) is 0 Å². The lowest BCUT2D eigenvalue weighted by atomic mass is 10.0. The van der Waals surface area contributed by atoms with Gasteiger partial charge in [0.05, 0.1) is 6.42 Å².